The number of rotatable bonds is 6. The fraction of sp³-hybridized carbons (Fsp3) is 0.536. The Morgan fingerprint density at radius 2 is 1.62 bits per heavy atom. The molecule has 0 saturated heterocycles. The van der Waals surface area contributed by atoms with Gasteiger partial charge in [0.15, 0.2) is 6.17 Å². The van der Waals surface area contributed by atoms with Crippen molar-refractivity contribution < 1.29 is 14.8 Å². The van der Waals surface area contributed by atoms with E-state index < -0.39 is 0 Å². The second kappa shape index (κ2) is 7.62. The van der Waals surface area contributed by atoms with E-state index in [1.807, 2.05) is 24.3 Å². The van der Waals surface area contributed by atoms with E-state index in [-0.39, 0.29) is 12.1 Å². The number of hydrogen-bond acceptors (Lipinski definition) is 2. The third-order valence-corrected chi connectivity index (χ3v) is 9.14. The molecule has 0 aromatic heterocycles. The Hall–Kier alpha value is -2.33. The smallest absolute Gasteiger partial charge is 0.259 e. The van der Waals surface area contributed by atoms with Crippen LogP contribution in [0.1, 0.15) is 73.1 Å². The van der Waals surface area contributed by atoms with Gasteiger partial charge in [-0.2, -0.15) is 0 Å². The van der Waals surface area contributed by atoms with E-state index in [2.05, 4.69) is 41.4 Å². The van der Waals surface area contributed by atoms with Gasteiger partial charge in [-0.3, -0.25) is 9.69 Å². The zero-order valence-corrected chi connectivity index (χ0v) is 19.3. The molecule has 2 aromatic carbocycles. The molecule has 4 bridgehead atoms. The summed E-state index contributed by atoms with van der Waals surface area (Å²) in [6, 6.07) is 16.9. The van der Waals surface area contributed by atoms with Gasteiger partial charge in [-0.25, -0.2) is 0 Å². The van der Waals surface area contributed by atoms with E-state index in [4.69, 9.17) is 4.74 Å². The van der Waals surface area contributed by atoms with Crippen LogP contribution in [-0.2, 0) is 6.54 Å². The van der Waals surface area contributed by atoms with E-state index >= 15 is 0 Å². The van der Waals surface area contributed by atoms with Crippen molar-refractivity contribution >= 4 is 5.91 Å². The summed E-state index contributed by atoms with van der Waals surface area (Å²) in [6.45, 7) is 3.08. The average molecular weight is 432 g/mol. The Labute approximate surface area is 191 Å². The molecule has 1 amide bonds. The molecule has 4 heteroatoms. The Kier molecular flexibility index (Phi) is 4.83. The number of methoxy groups -OCH3 is 1. The molecule has 2 atom stereocenters. The highest BCUT2D eigenvalue weighted by atomic mass is 16.5. The molecule has 1 aliphatic heterocycles. The van der Waals surface area contributed by atoms with Crippen molar-refractivity contribution in [3.8, 4) is 5.75 Å². The quantitative estimate of drug-likeness (QED) is 0.731. The van der Waals surface area contributed by atoms with Gasteiger partial charge in [0.05, 0.1) is 25.3 Å². The topological polar surface area (TPSA) is 46.1 Å². The molecular weight excluding hydrogens is 396 g/mol. The number of quaternary nitrogens is 1. The monoisotopic (exact) mass is 431 g/mol. The van der Waals surface area contributed by atoms with Gasteiger partial charge in [0.2, 0.25) is 0 Å². The summed E-state index contributed by atoms with van der Waals surface area (Å²) in [6.07, 6.45) is 8.68. The van der Waals surface area contributed by atoms with E-state index in [0.29, 0.717) is 18.0 Å². The molecule has 4 fully saturated rings. The van der Waals surface area contributed by atoms with Gasteiger partial charge in [-0.15, -0.1) is 0 Å². The molecule has 168 valence electrons. The normalized spacial score (nSPS) is 33.4. The lowest BCUT2D eigenvalue weighted by Crippen LogP contribution is -2.95. The van der Waals surface area contributed by atoms with Crippen LogP contribution in [0.2, 0.25) is 0 Å². The fourth-order valence-electron chi connectivity index (χ4n) is 7.92. The molecule has 4 aliphatic carbocycles. The van der Waals surface area contributed by atoms with Crippen LogP contribution in [0.25, 0.3) is 0 Å². The summed E-state index contributed by atoms with van der Waals surface area (Å²) in [5.41, 5.74) is 3.66. The maximum Gasteiger partial charge on any atom is 0.259 e. The summed E-state index contributed by atoms with van der Waals surface area (Å²) >= 11 is 0. The largest absolute Gasteiger partial charge is 0.497 e. The van der Waals surface area contributed by atoms with Crippen LogP contribution >= 0.6 is 0 Å². The van der Waals surface area contributed by atoms with Crippen molar-refractivity contribution in [2.75, 3.05) is 7.11 Å². The zero-order valence-electron chi connectivity index (χ0n) is 19.3. The molecule has 5 aliphatic rings. The summed E-state index contributed by atoms with van der Waals surface area (Å²) in [5.74, 6) is 3.86. The van der Waals surface area contributed by atoms with Crippen molar-refractivity contribution in [3.63, 3.8) is 0 Å². The minimum Gasteiger partial charge on any atom is -0.497 e. The number of ether oxygens (including phenoxy) is 1. The van der Waals surface area contributed by atoms with Gasteiger partial charge in [0.1, 0.15) is 5.75 Å². The average Bonchev–Trinajstić information content (AvgIpc) is 3.05. The zero-order chi connectivity index (χ0) is 21.9. The standard InChI is InChI=1S/C28H34N2O2/c1-18(28-14-20-11-21(15-28)13-22(12-20)16-28)29-26-24-5-3-4-6-25(24)27(31)30(26)17-19-7-9-23(32-2)10-8-19/h3-10,18,20-22,26,29H,11-17H2,1-2H3/p+1/t18-,20?,21?,22?,26-,28?/m0/s1. The Bertz CT molecular complexity index is 979. The first-order chi connectivity index (χ1) is 15.5. The molecule has 4 saturated carbocycles. The highest BCUT2D eigenvalue weighted by Crippen LogP contribution is 2.60. The van der Waals surface area contributed by atoms with Crippen molar-refractivity contribution in [1.82, 2.24) is 4.90 Å². The molecular formula is C28H35N2O2+. The Balaban J connectivity index is 1.28. The predicted molar refractivity (Wildman–Crippen MR) is 124 cm³/mol. The van der Waals surface area contributed by atoms with Crippen LogP contribution in [0.15, 0.2) is 48.5 Å². The number of amides is 1. The van der Waals surface area contributed by atoms with Crippen molar-refractivity contribution in [3.05, 3.63) is 65.2 Å². The molecule has 0 radical (unpaired) electrons. The fourth-order valence-corrected chi connectivity index (χ4v) is 7.92. The van der Waals surface area contributed by atoms with E-state index in [1.165, 1.54) is 44.1 Å². The van der Waals surface area contributed by atoms with Gasteiger partial charge in [-0.1, -0.05) is 30.3 Å². The second-order valence-corrected chi connectivity index (χ2v) is 11.1. The van der Waals surface area contributed by atoms with Crippen LogP contribution in [0.4, 0.5) is 0 Å². The molecule has 1 heterocycles. The molecule has 7 rings (SSSR count). The van der Waals surface area contributed by atoms with Gasteiger partial charge < -0.3 is 10.1 Å². The number of fused-ring (bicyclic) bond motifs is 1. The third-order valence-electron chi connectivity index (χ3n) is 9.14. The molecule has 0 unspecified atom stereocenters. The van der Waals surface area contributed by atoms with Gasteiger partial charge >= 0.3 is 0 Å². The van der Waals surface area contributed by atoms with Crippen molar-refractivity contribution in [2.45, 2.75) is 64.2 Å². The van der Waals surface area contributed by atoms with Gasteiger partial charge in [0.25, 0.3) is 5.91 Å². The molecule has 2 N–H and O–H groups in total. The number of nitrogens with two attached hydrogens (primary N) is 1. The molecule has 2 aromatic rings. The number of hydrogen-bond donors (Lipinski definition) is 1. The van der Waals surface area contributed by atoms with E-state index in [0.717, 1.165) is 34.6 Å². The lowest BCUT2D eigenvalue weighted by Gasteiger charge is -2.58. The summed E-state index contributed by atoms with van der Waals surface area (Å²) in [5, 5.41) is 2.54. The van der Waals surface area contributed by atoms with Crippen LogP contribution in [0, 0.1) is 23.2 Å². The molecule has 0 spiro atoms. The molecule has 4 nitrogen and oxygen atoms in total. The highest BCUT2D eigenvalue weighted by Gasteiger charge is 2.55. The Morgan fingerprint density at radius 1 is 1.00 bits per heavy atom. The first-order valence-corrected chi connectivity index (χ1v) is 12.4. The number of carbonyl (C=O) groups excluding carboxylic acids is 1. The van der Waals surface area contributed by atoms with Crippen molar-refractivity contribution in [1.29, 1.82) is 0 Å². The van der Waals surface area contributed by atoms with Crippen molar-refractivity contribution in [2.24, 2.45) is 23.2 Å². The first kappa shape index (κ1) is 20.3. The second-order valence-electron chi connectivity index (χ2n) is 11.1. The summed E-state index contributed by atoms with van der Waals surface area (Å²) in [4.78, 5) is 15.5. The molecule has 32 heavy (non-hydrogen) atoms. The third kappa shape index (κ3) is 3.26. The maximum atomic E-state index is 13.4. The Morgan fingerprint density at radius 3 is 2.25 bits per heavy atom. The minimum atomic E-state index is 0.0591. The van der Waals surface area contributed by atoms with E-state index in [1.54, 1.807) is 7.11 Å². The number of nitrogens with zero attached hydrogens (tertiary/aromatic N) is 1. The van der Waals surface area contributed by atoms with Crippen LogP contribution in [-0.4, -0.2) is 24.0 Å². The van der Waals surface area contributed by atoms with Gasteiger partial charge in [-0.05, 0) is 87.0 Å². The first-order valence-electron chi connectivity index (χ1n) is 12.4. The lowest BCUT2D eigenvalue weighted by molar-refractivity contribution is -0.753. The number of benzene rings is 2. The number of carbonyl (C=O) groups is 1. The predicted octanol–water partition coefficient (Wildman–Crippen LogP) is 4.52. The highest BCUT2D eigenvalue weighted by molar-refractivity contribution is 5.98. The van der Waals surface area contributed by atoms with E-state index in [9.17, 15) is 4.79 Å². The summed E-state index contributed by atoms with van der Waals surface area (Å²) < 4.78 is 5.31. The summed E-state index contributed by atoms with van der Waals surface area (Å²) in [7, 11) is 1.69. The SMILES string of the molecule is COc1ccc(CN2C(=O)c3ccccc3[C@H]2[NH2+][C@@H](C)C23CC4CC(CC(C4)C2)C3)cc1. The minimum absolute atomic E-state index is 0.0591. The van der Waals surface area contributed by atoms with Crippen LogP contribution in [0.3, 0.4) is 0 Å². The maximum absolute atomic E-state index is 13.4. The van der Waals surface area contributed by atoms with Crippen LogP contribution in [0.5, 0.6) is 5.75 Å². The van der Waals surface area contributed by atoms with Gasteiger partial charge in [0, 0.05) is 11.0 Å². The van der Waals surface area contributed by atoms with Crippen LogP contribution < -0.4 is 10.1 Å². The lowest BCUT2D eigenvalue weighted by atomic mass is 9.48.